The van der Waals surface area contributed by atoms with Crippen LogP contribution in [0.1, 0.15) is 19.8 Å². The Bertz CT molecular complexity index is 457. The lowest BCUT2D eigenvalue weighted by Crippen LogP contribution is -2.50. The first-order chi connectivity index (χ1) is 10.1. The van der Waals surface area contributed by atoms with Crippen LogP contribution in [0.25, 0.3) is 0 Å². The first-order valence-electron chi connectivity index (χ1n) is 7.47. The van der Waals surface area contributed by atoms with Crippen LogP contribution in [-0.4, -0.2) is 48.5 Å². The van der Waals surface area contributed by atoms with Gasteiger partial charge < -0.3 is 15.5 Å². The van der Waals surface area contributed by atoms with Crippen LogP contribution in [0.3, 0.4) is 0 Å². The van der Waals surface area contributed by atoms with Crippen molar-refractivity contribution in [3.05, 3.63) is 22.8 Å². The van der Waals surface area contributed by atoms with Crippen LogP contribution < -0.4 is 10.6 Å². The topological polar surface area (TPSA) is 62.5 Å². The summed E-state index contributed by atoms with van der Waals surface area (Å²) in [7, 11) is 0. The van der Waals surface area contributed by atoms with Gasteiger partial charge in [-0.1, -0.05) is 6.92 Å². The number of pyridine rings is 1. The minimum absolute atomic E-state index is 0.0749. The molecule has 0 bridgehead atoms. The molecular formula is C15H23BrN4O. The van der Waals surface area contributed by atoms with Crippen LogP contribution in [0.2, 0.25) is 0 Å². The van der Waals surface area contributed by atoms with Gasteiger partial charge in [-0.05, 0) is 47.4 Å². The van der Waals surface area contributed by atoms with E-state index in [2.05, 4.69) is 25.8 Å². The van der Waals surface area contributed by atoms with E-state index in [1.54, 1.807) is 0 Å². The molecule has 116 valence electrons. The van der Waals surface area contributed by atoms with Crippen molar-refractivity contribution in [2.45, 2.75) is 19.8 Å². The van der Waals surface area contributed by atoms with Gasteiger partial charge in [-0.3, -0.25) is 4.79 Å². The Kier molecular flexibility index (Phi) is 5.99. The lowest BCUT2D eigenvalue weighted by atomic mass is 10.0. The van der Waals surface area contributed by atoms with Crippen LogP contribution in [0.4, 0.5) is 5.82 Å². The van der Waals surface area contributed by atoms with E-state index in [0.717, 1.165) is 49.3 Å². The maximum Gasteiger partial charge on any atom is 0.225 e. The molecule has 1 aliphatic rings. The Morgan fingerprint density at radius 2 is 2.10 bits per heavy atom. The van der Waals surface area contributed by atoms with Gasteiger partial charge in [0.1, 0.15) is 5.82 Å². The van der Waals surface area contributed by atoms with Gasteiger partial charge >= 0.3 is 0 Å². The summed E-state index contributed by atoms with van der Waals surface area (Å²) in [5.74, 6) is 1.30. The van der Waals surface area contributed by atoms with Gasteiger partial charge in [0.05, 0.1) is 0 Å². The van der Waals surface area contributed by atoms with E-state index in [0.29, 0.717) is 6.54 Å². The molecule has 1 aliphatic heterocycles. The van der Waals surface area contributed by atoms with Crippen molar-refractivity contribution in [3.8, 4) is 0 Å². The number of hydrogen-bond donors (Lipinski definition) is 1. The summed E-state index contributed by atoms with van der Waals surface area (Å²) in [6, 6.07) is 4.00. The molecular weight excluding hydrogens is 332 g/mol. The van der Waals surface area contributed by atoms with Crippen molar-refractivity contribution in [1.29, 1.82) is 0 Å². The molecule has 6 heteroatoms. The van der Waals surface area contributed by atoms with Crippen LogP contribution >= 0.6 is 15.9 Å². The fourth-order valence-electron chi connectivity index (χ4n) is 2.57. The van der Waals surface area contributed by atoms with E-state index >= 15 is 0 Å². The van der Waals surface area contributed by atoms with Crippen molar-refractivity contribution in [2.24, 2.45) is 11.7 Å². The third kappa shape index (κ3) is 4.41. The number of hydrogen-bond acceptors (Lipinski definition) is 4. The molecule has 0 aliphatic carbocycles. The summed E-state index contributed by atoms with van der Waals surface area (Å²) in [5.41, 5.74) is 5.51. The molecule has 0 radical (unpaired) electrons. The molecule has 1 saturated heterocycles. The quantitative estimate of drug-likeness (QED) is 0.876. The first-order valence-corrected chi connectivity index (χ1v) is 8.26. The minimum atomic E-state index is 0.0749. The molecule has 5 nitrogen and oxygen atoms in total. The molecule has 2 heterocycles. The van der Waals surface area contributed by atoms with E-state index in [-0.39, 0.29) is 11.8 Å². The molecule has 1 atom stereocenters. The molecule has 2 rings (SSSR count). The highest BCUT2D eigenvalue weighted by atomic mass is 79.9. The van der Waals surface area contributed by atoms with Gasteiger partial charge in [-0.2, -0.15) is 0 Å². The number of carbonyl (C=O) groups excluding carboxylic acids is 1. The van der Waals surface area contributed by atoms with Crippen LogP contribution in [0, 0.1) is 5.92 Å². The SMILES string of the molecule is CC(CCCN)C(=O)N1CCN(c2ccc(Br)cn2)CC1. The first kappa shape index (κ1) is 16.2. The third-order valence-corrected chi connectivity index (χ3v) is 4.36. The average molecular weight is 355 g/mol. The smallest absolute Gasteiger partial charge is 0.225 e. The van der Waals surface area contributed by atoms with Gasteiger partial charge in [0.2, 0.25) is 5.91 Å². The summed E-state index contributed by atoms with van der Waals surface area (Å²) < 4.78 is 0.980. The summed E-state index contributed by atoms with van der Waals surface area (Å²) >= 11 is 3.39. The molecule has 0 aromatic carbocycles. The highest BCUT2D eigenvalue weighted by Crippen LogP contribution is 2.18. The van der Waals surface area contributed by atoms with Crippen LogP contribution in [-0.2, 0) is 4.79 Å². The molecule has 1 aromatic heterocycles. The second-order valence-electron chi connectivity index (χ2n) is 5.48. The van der Waals surface area contributed by atoms with Crippen molar-refractivity contribution in [2.75, 3.05) is 37.6 Å². The van der Waals surface area contributed by atoms with Crippen molar-refractivity contribution in [3.63, 3.8) is 0 Å². The lowest BCUT2D eigenvalue weighted by molar-refractivity contribution is -0.135. The van der Waals surface area contributed by atoms with Crippen molar-refractivity contribution >= 4 is 27.7 Å². The molecule has 1 aromatic rings. The van der Waals surface area contributed by atoms with Crippen molar-refractivity contribution < 1.29 is 4.79 Å². The monoisotopic (exact) mass is 354 g/mol. The van der Waals surface area contributed by atoms with E-state index in [4.69, 9.17) is 5.73 Å². The molecule has 2 N–H and O–H groups in total. The van der Waals surface area contributed by atoms with Crippen LogP contribution in [0.15, 0.2) is 22.8 Å². The van der Waals surface area contributed by atoms with Crippen LogP contribution in [0.5, 0.6) is 0 Å². The maximum absolute atomic E-state index is 12.3. The molecule has 1 amide bonds. The number of nitrogens with zero attached hydrogens (tertiary/aromatic N) is 3. The number of aromatic nitrogens is 1. The molecule has 0 saturated carbocycles. The normalized spacial score (nSPS) is 16.9. The minimum Gasteiger partial charge on any atom is -0.353 e. The molecule has 21 heavy (non-hydrogen) atoms. The summed E-state index contributed by atoms with van der Waals surface area (Å²) in [4.78, 5) is 20.9. The van der Waals surface area contributed by atoms with E-state index in [9.17, 15) is 4.79 Å². The fourth-order valence-corrected chi connectivity index (χ4v) is 2.80. The van der Waals surface area contributed by atoms with Crippen molar-refractivity contribution in [1.82, 2.24) is 9.88 Å². The largest absolute Gasteiger partial charge is 0.353 e. The Morgan fingerprint density at radius 1 is 1.38 bits per heavy atom. The number of piperazine rings is 1. The van der Waals surface area contributed by atoms with Gasteiger partial charge in [-0.25, -0.2) is 4.98 Å². The average Bonchev–Trinajstić information content (AvgIpc) is 2.53. The lowest BCUT2D eigenvalue weighted by Gasteiger charge is -2.36. The van der Waals surface area contributed by atoms with Gasteiger partial charge in [-0.15, -0.1) is 0 Å². The predicted molar refractivity (Wildman–Crippen MR) is 88.2 cm³/mol. The Morgan fingerprint density at radius 3 is 2.67 bits per heavy atom. The second kappa shape index (κ2) is 7.75. The Balaban J connectivity index is 1.85. The zero-order valence-electron chi connectivity index (χ0n) is 12.5. The van der Waals surface area contributed by atoms with Gasteiger partial charge in [0, 0.05) is 42.8 Å². The molecule has 1 fully saturated rings. The number of halogens is 1. The predicted octanol–water partition coefficient (Wildman–Crippen LogP) is 1.87. The maximum atomic E-state index is 12.3. The number of nitrogens with two attached hydrogens (primary N) is 1. The number of rotatable bonds is 5. The van der Waals surface area contributed by atoms with Gasteiger partial charge in [0.15, 0.2) is 0 Å². The third-order valence-electron chi connectivity index (χ3n) is 3.89. The highest BCUT2D eigenvalue weighted by Gasteiger charge is 2.24. The summed E-state index contributed by atoms with van der Waals surface area (Å²) in [6.07, 6.45) is 3.60. The highest BCUT2D eigenvalue weighted by molar-refractivity contribution is 9.10. The Labute approximate surface area is 134 Å². The zero-order chi connectivity index (χ0) is 15.2. The summed E-state index contributed by atoms with van der Waals surface area (Å²) in [6.45, 7) is 5.86. The second-order valence-corrected chi connectivity index (χ2v) is 6.39. The van der Waals surface area contributed by atoms with E-state index in [1.165, 1.54) is 0 Å². The Hall–Kier alpha value is -1.14. The standard InChI is InChI=1S/C15H23BrN4O/c1-12(3-2-6-17)15(21)20-9-7-19(8-10-20)14-5-4-13(16)11-18-14/h4-5,11-12H,2-3,6-10,17H2,1H3. The van der Waals surface area contributed by atoms with Gasteiger partial charge in [0.25, 0.3) is 0 Å². The number of amides is 1. The fraction of sp³-hybridized carbons (Fsp3) is 0.600. The van der Waals surface area contributed by atoms with E-state index in [1.807, 2.05) is 30.2 Å². The summed E-state index contributed by atoms with van der Waals surface area (Å²) in [5, 5.41) is 0. The molecule has 1 unspecified atom stereocenters. The molecule has 0 spiro atoms. The zero-order valence-corrected chi connectivity index (χ0v) is 14.1. The number of carbonyl (C=O) groups is 1. The number of anilines is 1. The van der Waals surface area contributed by atoms with E-state index < -0.39 is 0 Å².